The van der Waals surface area contributed by atoms with Gasteiger partial charge in [0.25, 0.3) is 0 Å². The molecule has 0 aliphatic rings. The van der Waals surface area contributed by atoms with Crippen molar-refractivity contribution in [1.82, 2.24) is 29.9 Å². The monoisotopic (exact) mass is 676 g/mol. The lowest BCUT2D eigenvalue weighted by molar-refractivity contribution is -0.145. The Bertz CT molecular complexity index is 1390. The van der Waals surface area contributed by atoms with E-state index in [4.69, 9.17) is 30.5 Å². The van der Waals surface area contributed by atoms with Gasteiger partial charge in [-0.2, -0.15) is 0 Å². The number of carbonyl (C=O) groups is 1. The summed E-state index contributed by atoms with van der Waals surface area (Å²) in [7, 11) is 7.72. The molecule has 13 nitrogen and oxygen atoms in total. The summed E-state index contributed by atoms with van der Waals surface area (Å²) in [6.07, 6.45) is -0.357. The third kappa shape index (κ3) is 12.6. The fourth-order valence-electron chi connectivity index (χ4n) is 4.02. The minimum Gasteiger partial charge on any atom is -0.362 e. The second-order valence-electron chi connectivity index (χ2n) is 10.7. The zero-order valence-corrected chi connectivity index (χ0v) is 31.3. The molecule has 0 saturated carbocycles. The number of hydrogen-bond donors (Lipinski definition) is 0. The summed E-state index contributed by atoms with van der Waals surface area (Å²) < 4.78 is 21.9. The van der Waals surface area contributed by atoms with Gasteiger partial charge < -0.3 is 28.7 Å². The lowest BCUT2D eigenvalue weighted by atomic mass is 10.2. The molecular weight excluding hydrogens is 624 g/mol. The van der Waals surface area contributed by atoms with Crippen molar-refractivity contribution in [2.75, 3.05) is 64.4 Å². The van der Waals surface area contributed by atoms with Crippen molar-refractivity contribution < 1.29 is 23.7 Å². The molecule has 0 bridgehead atoms. The summed E-state index contributed by atoms with van der Waals surface area (Å²) in [4.78, 5) is 40.0. The molecule has 0 unspecified atom stereocenters. The molecule has 3 rings (SSSR count). The number of rotatable bonds is 13. The summed E-state index contributed by atoms with van der Waals surface area (Å²) in [5.74, 6) is 3.02. The van der Waals surface area contributed by atoms with E-state index in [0.29, 0.717) is 49.5 Å². The first-order chi connectivity index (χ1) is 22.2. The number of aryl methyl sites for hydroxylation is 3. The molecular formula is C33H53ClN8O5. The molecule has 0 amide bonds. The number of halogens is 1. The summed E-state index contributed by atoms with van der Waals surface area (Å²) in [6, 6.07) is 0. The molecule has 0 N–H and O–H groups in total. The summed E-state index contributed by atoms with van der Waals surface area (Å²) in [5.41, 5.74) is 5.62. The summed E-state index contributed by atoms with van der Waals surface area (Å²) in [5, 5.41) is 0.451. The molecule has 0 saturated heterocycles. The van der Waals surface area contributed by atoms with Crippen LogP contribution in [0, 0.1) is 41.5 Å². The van der Waals surface area contributed by atoms with Gasteiger partial charge in [0.05, 0.1) is 0 Å². The lowest BCUT2D eigenvalue weighted by Crippen LogP contribution is -2.19. The van der Waals surface area contributed by atoms with Gasteiger partial charge in [-0.3, -0.25) is 4.79 Å². The summed E-state index contributed by atoms with van der Waals surface area (Å²) >= 11 is 6.00. The highest BCUT2D eigenvalue weighted by Crippen LogP contribution is 2.23. The van der Waals surface area contributed by atoms with Gasteiger partial charge >= 0.3 is 0 Å². The van der Waals surface area contributed by atoms with Gasteiger partial charge in [-0.1, -0.05) is 11.6 Å². The molecule has 0 aromatic carbocycles. The van der Waals surface area contributed by atoms with Crippen molar-refractivity contribution in [3.63, 3.8) is 0 Å². The number of aldehydes is 1. The lowest BCUT2D eigenvalue weighted by Gasteiger charge is -2.20. The van der Waals surface area contributed by atoms with Gasteiger partial charge in [0.15, 0.2) is 23.8 Å². The maximum Gasteiger partial charge on any atom is 0.219 e. The number of hydrogen-bond acceptors (Lipinski definition) is 13. The van der Waals surface area contributed by atoms with Crippen molar-refractivity contribution in [2.45, 2.75) is 81.8 Å². The maximum absolute atomic E-state index is 10.5. The number of ether oxygens (including phenoxy) is 4. The Kier molecular flexibility index (Phi) is 18.4. The molecule has 3 aromatic heterocycles. The molecule has 0 radical (unpaired) electrons. The topological polar surface area (TPSA) is 138 Å². The van der Waals surface area contributed by atoms with E-state index in [1.54, 1.807) is 0 Å². The Labute approximate surface area is 285 Å². The van der Waals surface area contributed by atoms with Gasteiger partial charge in [0.2, 0.25) is 12.6 Å². The van der Waals surface area contributed by atoms with Crippen LogP contribution in [-0.2, 0) is 18.9 Å². The van der Waals surface area contributed by atoms with Crippen LogP contribution in [-0.4, -0.2) is 90.8 Å². The molecule has 0 atom stereocenters. The molecule has 3 aromatic rings. The third-order valence-corrected chi connectivity index (χ3v) is 7.12. The van der Waals surface area contributed by atoms with Gasteiger partial charge in [0, 0.05) is 88.4 Å². The number of carbonyl (C=O) groups excluding carboxylic acids is 1. The molecule has 0 aliphatic heterocycles. The minimum atomic E-state index is -0.535. The average Bonchev–Trinajstić information content (AvgIpc) is 3.02. The van der Waals surface area contributed by atoms with Crippen molar-refractivity contribution in [1.29, 1.82) is 0 Å². The maximum atomic E-state index is 10.5. The van der Waals surface area contributed by atoms with Crippen LogP contribution in [0.15, 0.2) is 0 Å². The van der Waals surface area contributed by atoms with Gasteiger partial charge in [0.1, 0.15) is 16.8 Å². The molecule has 262 valence electrons. The Morgan fingerprint density at radius 1 is 0.574 bits per heavy atom. The molecule has 3 heterocycles. The van der Waals surface area contributed by atoms with Crippen molar-refractivity contribution >= 4 is 29.5 Å². The molecule has 0 spiro atoms. The van der Waals surface area contributed by atoms with Gasteiger partial charge in [-0.05, 0) is 69.2 Å². The standard InChI is InChI=1S/C13H23N3O2.C11H17ClN2O2.C9H13N3O/c1-7-17-13(18-8-2)11-14-10(4)9(3)12(15-11)16(5)6;1-5-15-11(16-6-2)10-13-8(4)7(3)9(12)14-10;1-6-7(2)10-8(5-13)11-9(6)12(3)4/h13H,7-8H2,1-6H3;11H,5-6H2,1-4H3;5H,1-4H3. The van der Waals surface area contributed by atoms with E-state index in [1.807, 2.05) is 107 Å². The van der Waals surface area contributed by atoms with Gasteiger partial charge in [-0.25, -0.2) is 29.9 Å². The Hall–Kier alpha value is -3.36. The third-order valence-electron chi connectivity index (χ3n) is 6.76. The Balaban J connectivity index is 0.000000357. The fourth-order valence-corrected chi connectivity index (χ4v) is 4.24. The van der Waals surface area contributed by atoms with Crippen LogP contribution in [0.1, 0.15) is 96.3 Å². The number of aromatic nitrogens is 6. The first-order valence-corrected chi connectivity index (χ1v) is 16.0. The predicted octanol–water partition coefficient (Wildman–Crippen LogP) is 6.02. The normalized spacial score (nSPS) is 10.7. The van der Waals surface area contributed by atoms with E-state index in [-0.39, 0.29) is 5.82 Å². The molecule has 0 aliphatic carbocycles. The van der Waals surface area contributed by atoms with Gasteiger partial charge in [-0.15, -0.1) is 0 Å². The van der Waals surface area contributed by atoms with E-state index >= 15 is 0 Å². The quantitative estimate of drug-likeness (QED) is 0.119. The smallest absolute Gasteiger partial charge is 0.219 e. The second-order valence-corrected chi connectivity index (χ2v) is 11.1. The molecule has 47 heavy (non-hydrogen) atoms. The van der Waals surface area contributed by atoms with Crippen LogP contribution < -0.4 is 9.80 Å². The van der Waals surface area contributed by atoms with E-state index < -0.39 is 12.6 Å². The first-order valence-electron chi connectivity index (χ1n) is 15.6. The zero-order chi connectivity index (χ0) is 35.8. The molecule has 0 fully saturated rings. The van der Waals surface area contributed by atoms with Crippen LogP contribution in [0.5, 0.6) is 0 Å². The predicted molar refractivity (Wildman–Crippen MR) is 186 cm³/mol. The van der Waals surface area contributed by atoms with Crippen LogP contribution in [0.25, 0.3) is 0 Å². The van der Waals surface area contributed by atoms with Crippen LogP contribution in [0.2, 0.25) is 5.15 Å². The fraction of sp³-hybridized carbons (Fsp3) is 0.606. The van der Waals surface area contributed by atoms with E-state index in [9.17, 15) is 4.79 Å². The van der Waals surface area contributed by atoms with E-state index in [1.165, 1.54) is 0 Å². The van der Waals surface area contributed by atoms with Crippen LogP contribution in [0.4, 0.5) is 11.6 Å². The van der Waals surface area contributed by atoms with Crippen molar-refractivity contribution in [3.05, 3.63) is 56.4 Å². The highest BCUT2D eigenvalue weighted by molar-refractivity contribution is 6.30. The highest BCUT2D eigenvalue weighted by atomic mass is 35.5. The number of anilines is 2. The Morgan fingerprint density at radius 3 is 1.30 bits per heavy atom. The zero-order valence-electron chi connectivity index (χ0n) is 30.6. The van der Waals surface area contributed by atoms with Crippen molar-refractivity contribution in [2.24, 2.45) is 0 Å². The second kappa shape index (κ2) is 20.8. The Morgan fingerprint density at radius 2 is 0.936 bits per heavy atom. The average molecular weight is 677 g/mol. The van der Waals surface area contributed by atoms with Crippen LogP contribution >= 0.6 is 11.6 Å². The van der Waals surface area contributed by atoms with E-state index in [0.717, 1.165) is 45.4 Å². The minimum absolute atomic E-state index is 0.242. The van der Waals surface area contributed by atoms with Crippen molar-refractivity contribution in [3.8, 4) is 0 Å². The summed E-state index contributed by atoms with van der Waals surface area (Å²) in [6.45, 7) is 21.5. The highest BCUT2D eigenvalue weighted by Gasteiger charge is 2.19. The SMILES string of the molecule is CCOC(OCC)c1nc(C)c(C)c(Cl)n1.CCOC(OCC)c1nc(C)c(C)c(N(C)C)n1.Cc1nc(C=O)nc(N(C)C)c1C. The van der Waals surface area contributed by atoms with E-state index in [2.05, 4.69) is 29.9 Å². The molecule has 14 heteroatoms. The number of nitrogens with zero attached hydrogens (tertiary/aromatic N) is 8. The largest absolute Gasteiger partial charge is 0.362 e. The van der Waals surface area contributed by atoms with Crippen LogP contribution in [0.3, 0.4) is 0 Å². The first kappa shape index (κ1) is 41.7.